The minimum absolute atomic E-state index is 0.0514. The molecule has 0 atom stereocenters. The molecule has 0 N–H and O–H groups in total. The van der Waals surface area contributed by atoms with Crippen molar-refractivity contribution in [2.75, 3.05) is 7.11 Å². The lowest BCUT2D eigenvalue weighted by Crippen LogP contribution is -2.06. The van der Waals surface area contributed by atoms with Crippen LogP contribution in [0.2, 0.25) is 10.0 Å². The molecule has 4 aromatic rings. The summed E-state index contributed by atoms with van der Waals surface area (Å²) in [7, 11) is -2.59. The average Bonchev–Trinajstić information content (AvgIpc) is 2.72. The Morgan fingerprint density at radius 2 is 1.63 bits per heavy atom. The van der Waals surface area contributed by atoms with Crippen molar-refractivity contribution in [3.05, 3.63) is 82.6 Å². The zero-order chi connectivity index (χ0) is 21.5. The van der Waals surface area contributed by atoms with Crippen molar-refractivity contribution < 1.29 is 17.5 Å². The van der Waals surface area contributed by atoms with Gasteiger partial charge in [-0.2, -0.15) is 0 Å². The Kier molecular flexibility index (Phi) is 5.40. The molecule has 4 rings (SSSR count). The number of hydrogen-bond donors (Lipinski definition) is 0. The van der Waals surface area contributed by atoms with Gasteiger partial charge < -0.3 is 4.74 Å². The molecule has 8 heteroatoms. The summed E-state index contributed by atoms with van der Waals surface area (Å²) in [5, 5.41) is 0.504. The van der Waals surface area contributed by atoms with E-state index in [9.17, 15) is 12.8 Å². The van der Waals surface area contributed by atoms with E-state index in [1.165, 1.54) is 37.4 Å². The molecule has 3 aromatic carbocycles. The highest BCUT2D eigenvalue weighted by Gasteiger charge is 2.24. The van der Waals surface area contributed by atoms with Gasteiger partial charge in [0.05, 0.1) is 12.0 Å². The molecule has 1 heterocycles. The van der Waals surface area contributed by atoms with Gasteiger partial charge >= 0.3 is 0 Å². The van der Waals surface area contributed by atoms with Crippen LogP contribution in [0.15, 0.2) is 76.7 Å². The first-order valence-electron chi connectivity index (χ1n) is 8.74. The van der Waals surface area contributed by atoms with Crippen LogP contribution in [0.1, 0.15) is 0 Å². The third-order valence-electron chi connectivity index (χ3n) is 4.57. The predicted octanol–water partition coefficient (Wildman–Crippen LogP) is 6.19. The maximum Gasteiger partial charge on any atom is 0.223 e. The van der Waals surface area contributed by atoms with Gasteiger partial charge in [-0.25, -0.2) is 17.8 Å². The molecule has 0 unspecified atom stereocenters. The fourth-order valence-electron chi connectivity index (χ4n) is 3.16. The second-order valence-electron chi connectivity index (χ2n) is 6.48. The third-order valence-corrected chi connectivity index (χ3v) is 6.62. The maximum absolute atomic E-state index is 14.6. The zero-order valence-corrected chi connectivity index (χ0v) is 17.9. The summed E-state index contributed by atoms with van der Waals surface area (Å²) >= 11 is 12.0. The molecule has 0 radical (unpaired) electrons. The van der Waals surface area contributed by atoms with E-state index in [2.05, 4.69) is 4.98 Å². The van der Waals surface area contributed by atoms with Crippen molar-refractivity contribution in [3.8, 4) is 16.9 Å². The number of para-hydroxylation sites is 1. The molecule has 0 spiro atoms. The largest absolute Gasteiger partial charge is 0.497 e. The van der Waals surface area contributed by atoms with Crippen molar-refractivity contribution in [1.29, 1.82) is 0 Å². The summed E-state index contributed by atoms with van der Waals surface area (Å²) in [6.07, 6.45) is 0. The Hall–Kier alpha value is -2.67. The first kappa shape index (κ1) is 20.6. The van der Waals surface area contributed by atoms with Crippen molar-refractivity contribution in [2.24, 2.45) is 0 Å². The number of sulfone groups is 1. The van der Waals surface area contributed by atoms with E-state index < -0.39 is 15.7 Å². The van der Waals surface area contributed by atoms with E-state index >= 15 is 0 Å². The molecule has 0 aliphatic carbocycles. The lowest BCUT2D eigenvalue weighted by Gasteiger charge is -2.12. The van der Waals surface area contributed by atoms with Crippen molar-refractivity contribution in [1.82, 2.24) is 4.98 Å². The molecule has 4 nitrogen and oxygen atoms in total. The summed E-state index contributed by atoms with van der Waals surface area (Å²) < 4.78 is 46.4. The highest BCUT2D eigenvalue weighted by Crippen LogP contribution is 2.35. The lowest BCUT2D eigenvalue weighted by atomic mass is 10.0. The smallest absolute Gasteiger partial charge is 0.223 e. The van der Waals surface area contributed by atoms with Gasteiger partial charge in [0.15, 0.2) is 5.03 Å². The maximum atomic E-state index is 14.6. The summed E-state index contributed by atoms with van der Waals surface area (Å²) in [6.45, 7) is 0. The quantitative estimate of drug-likeness (QED) is 0.363. The highest BCUT2D eigenvalue weighted by molar-refractivity contribution is 7.91. The lowest BCUT2D eigenvalue weighted by molar-refractivity contribution is 0.415. The molecule has 152 valence electrons. The molecule has 30 heavy (non-hydrogen) atoms. The SMILES string of the molecule is COc1cccc(-c2cc(S(=O)(=O)c3cc(Cl)cc(Cl)c3)nc3c(F)cccc23)c1. The first-order chi connectivity index (χ1) is 14.3. The average molecular weight is 462 g/mol. The number of benzene rings is 3. The van der Waals surface area contributed by atoms with Gasteiger partial charge in [-0.3, -0.25) is 0 Å². The van der Waals surface area contributed by atoms with Crippen LogP contribution in [0, 0.1) is 5.82 Å². The number of pyridine rings is 1. The van der Waals surface area contributed by atoms with Crippen molar-refractivity contribution >= 4 is 43.9 Å². The Balaban J connectivity index is 2.03. The molecule has 0 amide bonds. The van der Waals surface area contributed by atoms with E-state index in [1.54, 1.807) is 36.4 Å². The van der Waals surface area contributed by atoms with Crippen LogP contribution in [0.25, 0.3) is 22.0 Å². The number of halogens is 3. The Morgan fingerprint density at radius 3 is 2.33 bits per heavy atom. The fourth-order valence-corrected chi connectivity index (χ4v) is 5.11. The van der Waals surface area contributed by atoms with Gasteiger partial charge in [0.2, 0.25) is 9.84 Å². The van der Waals surface area contributed by atoms with Gasteiger partial charge in [0.1, 0.15) is 17.1 Å². The van der Waals surface area contributed by atoms with Gasteiger partial charge in [-0.15, -0.1) is 0 Å². The Labute approximate surface area is 182 Å². The first-order valence-corrected chi connectivity index (χ1v) is 11.0. The number of ether oxygens (including phenoxy) is 1. The van der Waals surface area contributed by atoms with Crippen LogP contribution in [0.4, 0.5) is 4.39 Å². The topological polar surface area (TPSA) is 56.3 Å². The third kappa shape index (κ3) is 3.74. The van der Waals surface area contributed by atoms with Gasteiger partial charge in [0.25, 0.3) is 0 Å². The van der Waals surface area contributed by atoms with Gasteiger partial charge in [0, 0.05) is 15.4 Å². The van der Waals surface area contributed by atoms with E-state index in [1.807, 2.05) is 0 Å². The number of fused-ring (bicyclic) bond motifs is 1. The number of methoxy groups -OCH3 is 1. The van der Waals surface area contributed by atoms with Crippen LogP contribution in [-0.4, -0.2) is 20.5 Å². The molecular formula is C22H14Cl2FNO3S. The number of rotatable bonds is 4. The monoisotopic (exact) mass is 461 g/mol. The van der Waals surface area contributed by atoms with E-state index in [0.29, 0.717) is 22.3 Å². The predicted molar refractivity (Wildman–Crippen MR) is 116 cm³/mol. The normalized spacial score (nSPS) is 11.6. The van der Waals surface area contributed by atoms with E-state index in [0.717, 1.165) is 0 Å². The zero-order valence-electron chi connectivity index (χ0n) is 15.6. The molecule has 0 aliphatic heterocycles. The van der Waals surface area contributed by atoms with E-state index in [4.69, 9.17) is 27.9 Å². The van der Waals surface area contributed by atoms with Crippen LogP contribution >= 0.6 is 23.2 Å². The Bertz CT molecular complexity index is 1370. The molecular weight excluding hydrogens is 448 g/mol. The van der Waals surface area contributed by atoms with Crippen molar-refractivity contribution in [2.45, 2.75) is 9.92 Å². The molecule has 0 aliphatic rings. The Morgan fingerprint density at radius 1 is 0.933 bits per heavy atom. The molecule has 0 saturated carbocycles. The summed E-state index contributed by atoms with van der Waals surface area (Å²) in [4.78, 5) is 4.01. The van der Waals surface area contributed by atoms with Crippen LogP contribution in [0.3, 0.4) is 0 Å². The second kappa shape index (κ2) is 7.87. The van der Waals surface area contributed by atoms with E-state index in [-0.39, 0.29) is 25.5 Å². The number of nitrogens with zero attached hydrogens (tertiary/aromatic N) is 1. The molecule has 0 saturated heterocycles. The van der Waals surface area contributed by atoms with Crippen molar-refractivity contribution in [3.63, 3.8) is 0 Å². The molecule has 0 fully saturated rings. The van der Waals surface area contributed by atoms with Crippen LogP contribution < -0.4 is 4.74 Å². The second-order valence-corrected chi connectivity index (χ2v) is 9.25. The minimum atomic E-state index is -4.12. The highest BCUT2D eigenvalue weighted by atomic mass is 35.5. The summed E-state index contributed by atoms with van der Waals surface area (Å²) in [5.41, 5.74) is 1.11. The number of hydrogen-bond acceptors (Lipinski definition) is 4. The number of aromatic nitrogens is 1. The minimum Gasteiger partial charge on any atom is -0.497 e. The standard InChI is InChI=1S/C22H14Cl2FNO3S/c1-29-16-5-2-4-13(8-16)19-12-21(26-22-18(19)6-3-7-20(22)25)30(27,28)17-10-14(23)9-15(24)11-17/h2-12H,1H3. The van der Waals surface area contributed by atoms with Gasteiger partial charge in [-0.1, -0.05) is 47.5 Å². The summed E-state index contributed by atoms with van der Waals surface area (Å²) in [6, 6.07) is 16.9. The van der Waals surface area contributed by atoms with Crippen LogP contribution in [0.5, 0.6) is 5.75 Å². The fraction of sp³-hybridized carbons (Fsp3) is 0.0455. The van der Waals surface area contributed by atoms with Gasteiger partial charge in [-0.05, 0) is 53.6 Å². The summed E-state index contributed by atoms with van der Waals surface area (Å²) in [5.74, 6) is -0.0438. The molecule has 1 aromatic heterocycles. The van der Waals surface area contributed by atoms with Crippen LogP contribution in [-0.2, 0) is 9.84 Å². The molecule has 0 bridgehead atoms.